The molecule has 1 aliphatic heterocycles. The Bertz CT molecular complexity index is 650. The molecule has 2 aliphatic rings. The van der Waals surface area contributed by atoms with Gasteiger partial charge in [-0.1, -0.05) is 0 Å². The fraction of sp³-hybridized carbons (Fsp3) is 0.375. The third kappa shape index (κ3) is 2.64. The first-order valence-electron chi connectivity index (χ1n) is 7.08. The van der Waals surface area contributed by atoms with Crippen molar-refractivity contribution in [3.63, 3.8) is 0 Å². The van der Waals surface area contributed by atoms with Gasteiger partial charge in [-0.05, 0) is 36.6 Å². The van der Waals surface area contributed by atoms with Gasteiger partial charge in [0.25, 0.3) is 5.91 Å². The molecule has 1 aliphatic carbocycles. The van der Waals surface area contributed by atoms with Gasteiger partial charge in [-0.15, -0.1) is 0 Å². The molecule has 0 atom stereocenters. The Morgan fingerprint density at radius 3 is 2.27 bits per heavy atom. The van der Waals surface area contributed by atoms with Crippen LogP contribution in [0.15, 0.2) is 22.8 Å². The van der Waals surface area contributed by atoms with Crippen molar-refractivity contribution in [2.45, 2.75) is 12.8 Å². The summed E-state index contributed by atoms with van der Waals surface area (Å²) in [5.41, 5.74) is 1.16. The molecule has 1 N–H and O–H groups in total. The Morgan fingerprint density at radius 1 is 1.14 bits per heavy atom. The zero-order valence-corrected chi connectivity index (χ0v) is 12.8. The highest BCUT2D eigenvalue weighted by atomic mass is 16.5. The van der Waals surface area contributed by atoms with Crippen molar-refractivity contribution in [2.75, 3.05) is 21.3 Å². The predicted octanol–water partition coefficient (Wildman–Crippen LogP) is 1.99. The van der Waals surface area contributed by atoms with Crippen LogP contribution in [0.5, 0.6) is 17.2 Å². The first-order valence-corrected chi connectivity index (χ1v) is 7.08. The predicted molar refractivity (Wildman–Crippen MR) is 82.4 cm³/mol. The van der Waals surface area contributed by atoms with E-state index >= 15 is 0 Å². The lowest BCUT2D eigenvalue weighted by molar-refractivity contribution is -0.115. The maximum Gasteiger partial charge on any atom is 0.275 e. The van der Waals surface area contributed by atoms with Crippen molar-refractivity contribution in [2.24, 2.45) is 10.9 Å². The van der Waals surface area contributed by atoms with Gasteiger partial charge in [0.05, 0.1) is 21.3 Å². The number of amidine groups is 1. The highest BCUT2D eigenvalue weighted by molar-refractivity contribution is 6.15. The van der Waals surface area contributed by atoms with Gasteiger partial charge >= 0.3 is 0 Å². The van der Waals surface area contributed by atoms with Crippen LogP contribution in [0.3, 0.4) is 0 Å². The fourth-order valence-electron chi connectivity index (χ4n) is 2.38. The summed E-state index contributed by atoms with van der Waals surface area (Å²) in [6.07, 6.45) is 3.91. The average Bonchev–Trinajstić information content (AvgIpc) is 3.31. The second-order valence-corrected chi connectivity index (χ2v) is 5.21. The summed E-state index contributed by atoms with van der Waals surface area (Å²) < 4.78 is 15.9. The highest BCUT2D eigenvalue weighted by Gasteiger charge is 2.33. The smallest absolute Gasteiger partial charge is 0.275 e. The lowest BCUT2D eigenvalue weighted by atomic mass is 10.1. The van der Waals surface area contributed by atoms with Crippen LogP contribution in [0, 0.1) is 5.92 Å². The molecule has 1 saturated carbocycles. The van der Waals surface area contributed by atoms with E-state index in [9.17, 15) is 4.79 Å². The van der Waals surface area contributed by atoms with Crippen LogP contribution < -0.4 is 19.5 Å². The molecule has 6 nitrogen and oxygen atoms in total. The maximum absolute atomic E-state index is 12.0. The molecule has 0 unspecified atom stereocenters. The summed E-state index contributed by atoms with van der Waals surface area (Å²) in [4.78, 5) is 16.4. The fourth-order valence-corrected chi connectivity index (χ4v) is 2.38. The van der Waals surface area contributed by atoms with Gasteiger partial charge in [-0.2, -0.15) is 0 Å². The van der Waals surface area contributed by atoms with Crippen molar-refractivity contribution < 1.29 is 19.0 Å². The molecule has 0 saturated heterocycles. The van der Waals surface area contributed by atoms with Crippen molar-refractivity contribution in [1.29, 1.82) is 0 Å². The molecule has 0 radical (unpaired) electrons. The molecule has 0 aromatic heterocycles. The Morgan fingerprint density at radius 2 is 1.77 bits per heavy atom. The van der Waals surface area contributed by atoms with Gasteiger partial charge in [0, 0.05) is 5.92 Å². The normalized spacial score (nSPS) is 19.0. The van der Waals surface area contributed by atoms with E-state index in [1.165, 1.54) is 0 Å². The summed E-state index contributed by atoms with van der Waals surface area (Å²) in [5, 5.41) is 2.82. The van der Waals surface area contributed by atoms with Crippen molar-refractivity contribution in [3.8, 4) is 17.2 Å². The average molecular weight is 302 g/mol. The lowest BCUT2D eigenvalue weighted by Crippen LogP contribution is -2.25. The van der Waals surface area contributed by atoms with Gasteiger partial charge in [0.15, 0.2) is 11.5 Å². The van der Waals surface area contributed by atoms with Gasteiger partial charge in [-0.3, -0.25) is 4.79 Å². The van der Waals surface area contributed by atoms with E-state index in [1.807, 2.05) is 0 Å². The van der Waals surface area contributed by atoms with E-state index in [4.69, 9.17) is 14.2 Å². The Kier molecular flexibility index (Phi) is 3.75. The quantitative estimate of drug-likeness (QED) is 0.845. The van der Waals surface area contributed by atoms with Crippen LogP contribution >= 0.6 is 0 Å². The summed E-state index contributed by atoms with van der Waals surface area (Å²) >= 11 is 0. The minimum Gasteiger partial charge on any atom is -0.493 e. The number of aliphatic imine (C=N–C) groups is 1. The minimum absolute atomic E-state index is 0.171. The number of hydrogen-bond donors (Lipinski definition) is 1. The molecule has 6 heteroatoms. The summed E-state index contributed by atoms with van der Waals surface area (Å²) in [6.45, 7) is 0. The van der Waals surface area contributed by atoms with Crippen LogP contribution in [-0.2, 0) is 4.79 Å². The zero-order chi connectivity index (χ0) is 15.7. The van der Waals surface area contributed by atoms with E-state index in [0.29, 0.717) is 28.9 Å². The third-order valence-corrected chi connectivity index (χ3v) is 3.67. The summed E-state index contributed by atoms with van der Waals surface area (Å²) in [6, 6.07) is 3.57. The summed E-state index contributed by atoms with van der Waals surface area (Å²) in [5.74, 6) is 2.62. The van der Waals surface area contributed by atoms with Gasteiger partial charge < -0.3 is 19.5 Å². The third-order valence-electron chi connectivity index (χ3n) is 3.67. The topological polar surface area (TPSA) is 69.2 Å². The van der Waals surface area contributed by atoms with Crippen LogP contribution in [-0.4, -0.2) is 33.1 Å². The molecule has 1 heterocycles. The van der Waals surface area contributed by atoms with E-state index in [-0.39, 0.29) is 5.91 Å². The number of amides is 1. The second-order valence-electron chi connectivity index (χ2n) is 5.21. The van der Waals surface area contributed by atoms with E-state index < -0.39 is 0 Å². The van der Waals surface area contributed by atoms with E-state index in [1.54, 1.807) is 39.5 Å². The largest absolute Gasteiger partial charge is 0.493 e. The second kappa shape index (κ2) is 5.71. The number of benzene rings is 1. The van der Waals surface area contributed by atoms with Gasteiger partial charge in [0.1, 0.15) is 11.5 Å². The highest BCUT2D eigenvalue weighted by Crippen LogP contribution is 2.39. The van der Waals surface area contributed by atoms with Crippen LogP contribution in [0.4, 0.5) is 0 Å². The number of ether oxygens (including phenoxy) is 3. The molecular formula is C16H18N2O4. The number of carbonyl (C=O) groups is 1. The number of hydrogen-bond acceptors (Lipinski definition) is 5. The molecule has 116 valence electrons. The van der Waals surface area contributed by atoms with Gasteiger partial charge in [-0.25, -0.2) is 4.99 Å². The van der Waals surface area contributed by atoms with Crippen LogP contribution in [0.25, 0.3) is 6.08 Å². The number of carbonyl (C=O) groups excluding carboxylic acids is 1. The molecule has 0 spiro atoms. The SMILES string of the molecule is COc1cc(/C=C2/N=C(C3CC3)NC2=O)cc(OC)c1OC. The monoisotopic (exact) mass is 302 g/mol. The van der Waals surface area contributed by atoms with Crippen molar-refractivity contribution >= 4 is 17.8 Å². The lowest BCUT2D eigenvalue weighted by Gasteiger charge is -2.12. The van der Waals surface area contributed by atoms with Crippen LogP contribution in [0.1, 0.15) is 18.4 Å². The summed E-state index contributed by atoms with van der Waals surface area (Å²) in [7, 11) is 4.66. The first kappa shape index (κ1) is 14.4. The van der Waals surface area contributed by atoms with Crippen molar-refractivity contribution in [3.05, 3.63) is 23.4 Å². The first-order chi connectivity index (χ1) is 10.7. The number of nitrogens with one attached hydrogen (secondary N) is 1. The van der Waals surface area contributed by atoms with Crippen molar-refractivity contribution in [1.82, 2.24) is 5.32 Å². The number of methoxy groups -OCH3 is 3. The molecule has 22 heavy (non-hydrogen) atoms. The molecule has 1 fully saturated rings. The number of nitrogens with zero attached hydrogens (tertiary/aromatic N) is 1. The van der Waals surface area contributed by atoms with E-state index in [0.717, 1.165) is 24.2 Å². The number of rotatable bonds is 5. The minimum atomic E-state index is -0.171. The Balaban J connectivity index is 1.98. The molecule has 1 aromatic rings. The Labute approximate surface area is 128 Å². The molecule has 1 amide bonds. The molecule has 1 aromatic carbocycles. The van der Waals surface area contributed by atoms with Crippen LogP contribution in [0.2, 0.25) is 0 Å². The molecule has 0 bridgehead atoms. The molecular weight excluding hydrogens is 284 g/mol. The van der Waals surface area contributed by atoms with E-state index in [2.05, 4.69) is 10.3 Å². The van der Waals surface area contributed by atoms with Gasteiger partial charge in [0.2, 0.25) is 5.75 Å². The standard InChI is InChI=1S/C16H18N2O4/c1-20-12-7-9(8-13(21-2)14(12)22-3)6-11-16(19)18-15(17-11)10-4-5-10/h6-8,10H,4-5H2,1-3H3,(H,17,18,19)/b11-6+. The maximum atomic E-state index is 12.0. The zero-order valence-electron chi connectivity index (χ0n) is 12.8. The molecule has 3 rings (SSSR count). The Hall–Kier alpha value is -2.50.